The fourth-order valence-electron chi connectivity index (χ4n) is 1.08. The third kappa shape index (κ3) is 5.32. The lowest BCUT2D eigenvalue weighted by atomic mass is 10.2. The van der Waals surface area contributed by atoms with E-state index in [2.05, 4.69) is 10.6 Å². The highest BCUT2D eigenvalue weighted by molar-refractivity contribution is 7.07. The normalized spacial score (nSPS) is 11.8. The number of amides is 2. The monoisotopic (exact) mass is 258 g/mol. The highest BCUT2D eigenvalue weighted by atomic mass is 32.1. The molecule has 7 heteroatoms. The predicted octanol–water partition coefficient (Wildman–Crippen LogP) is 0.383. The van der Waals surface area contributed by atoms with Crippen LogP contribution in [0.5, 0.6) is 0 Å². The molecular formula is C10H14N2O4S. The number of aliphatic carboxylic acids is 1. The summed E-state index contributed by atoms with van der Waals surface area (Å²) in [6.45, 7) is 0.541. The Hall–Kier alpha value is -1.60. The lowest BCUT2D eigenvalue weighted by Crippen LogP contribution is -2.37. The van der Waals surface area contributed by atoms with Gasteiger partial charge < -0.3 is 20.8 Å². The molecule has 1 aromatic rings. The van der Waals surface area contributed by atoms with Crippen molar-refractivity contribution < 1.29 is 19.8 Å². The number of aliphatic hydroxyl groups is 1. The van der Waals surface area contributed by atoms with Gasteiger partial charge in [0.15, 0.2) is 6.10 Å². The van der Waals surface area contributed by atoms with Gasteiger partial charge in [-0.3, -0.25) is 0 Å². The van der Waals surface area contributed by atoms with Gasteiger partial charge >= 0.3 is 12.0 Å². The Balaban J connectivity index is 2.11. The molecule has 4 N–H and O–H groups in total. The smallest absolute Gasteiger partial charge is 0.332 e. The van der Waals surface area contributed by atoms with Crippen LogP contribution in [0.15, 0.2) is 16.8 Å². The fraction of sp³-hybridized carbons (Fsp3) is 0.400. The van der Waals surface area contributed by atoms with Crippen molar-refractivity contribution in [2.45, 2.75) is 19.1 Å². The van der Waals surface area contributed by atoms with E-state index in [4.69, 9.17) is 10.2 Å². The van der Waals surface area contributed by atoms with Gasteiger partial charge in [0.1, 0.15) is 0 Å². The van der Waals surface area contributed by atoms with Gasteiger partial charge in [-0.15, -0.1) is 0 Å². The summed E-state index contributed by atoms with van der Waals surface area (Å²) in [6.07, 6.45) is -1.45. The van der Waals surface area contributed by atoms with Crippen molar-refractivity contribution in [2.24, 2.45) is 0 Å². The number of carboxylic acid groups (broad SMARTS) is 1. The van der Waals surface area contributed by atoms with Crippen molar-refractivity contribution in [2.75, 3.05) is 6.54 Å². The van der Waals surface area contributed by atoms with E-state index in [9.17, 15) is 9.59 Å². The zero-order valence-corrected chi connectivity index (χ0v) is 9.87. The van der Waals surface area contributed by atoms with E-state index in [-0.39, 0.29) is 19.0 Å². The van der Waals surface area contributed by atoms with Gasteiger partial charge in [-0.1, -0.05) is 0 Å². The number of nitrogens with one attached hydrogen (secondary N) is 2. The Labute approximate surface area is 102 Å². The second kappa shape index (κ2) is 6.87. The van der Waals surface area contributed by atoms with Crippen LogP contribution in [-0.2, 0) is 11.3 Å². The molecule has 0 aromatic carbocycles. The summed E-state index contributed by atoms with van der Waals surface area (Å²) in [5, 5.41) is 26.3. The summed E-state index contributed by atoms with van der Waals surface area (Å²) in [5.74, 6) is -1.29. The minimum Gasteiger partial charge on any atom is -0.479 e. The van der Waals surface area contributed by atoms with Gasteiger partial charge in [0, 0.05) is 19.5 Å². The molecule has 1 atom stereocenters. The Bertz CT molecular complexity index is 366. The predicted molar refractivity (Wildman–Crippen MR) is 62.8 cm³/mol. The first-order chi connectivity index (χ1) is 8.09. The van der Waals surface area contributed by atoms with Crippen molar-refractivity contribution in [3.63, 3.8) is 0 Å². The van der Waals surface area contributed by atoms with Crippen LogP contribution in [0, 0.1) is 0 Å². The van der Waals surface area contributed by atoms with Crippen LogP contribution < -0.4 is 10.6 Å². The molecule has 0 spiro atoms. The first-order valence-electron chi connectivity index (χ1n) is 5.03. The third-order valence-electron chi connectivity index (χ3n) is 2.02. The van der Waals surface area contributed by atoms with Crippen LogP contribution in [0.25, 0.3) is 0 Å². The van der Waals surface area contributed by atoms with Gasteiger partial charge in [-0.25, -0.2) is 9.59 Å². The molecule has 0 aliphatic heterocycles. The summed E-state index contributed by atoms with van der Waals surface area (Å²) in [5.41, 5.74) is 1.01. The highest BCUT2D eigenvalue weighted by Gasteiger charge is 2.12. The summed E-state index contributed by atoms with van der Waals surface area (Å²) >= 11 is 1.55. The molecule has 94 valence electrons. The molecule has 1 heterocycles. The number of hydrogen-bond acceptors (Lipinski definition) is 4. The summed E-state index contributed by atoms with van der Waals surface area (Å²) < 4.78 is 0. The van der Waals surface area contributed by atoms with Crippen molar-refractivity contribution in [1.82, 2.24) is 10.6 Å². The van der Waals surface area contributed by atoms with E-state index in [0.717, 1.165) is 5.56 Å². The molecule has 0 saturated carbocycles. The number of urea groups is 1. The van der Waals surface area contributed by atoms with Crippen molar-refractivity contribution >= 4 is 23.3 Å². The number of carbonyl (C=O) groups is 2. The number of thiophene rings is 1. The molecule has 2 amide bonds. The molecular weight excluding hydrogens is 244 g/mol. The Morgan fingerprint density at radius 2 is 2.18 bits per heavy atom. The van der Waals surface area contributed by atoms with E-state index < -0.39 is 12.1 Å². The first kappa shape index (κ1) is 13.5. The molecule has 0 fully saturated rings. The maximum atomic E-state index is 11.2. The molecule has 0 saturated heterocycles. The molecule has 0 radical (unpaired) electrons. The van der Waals surface area contributed by atoms with Crippen LogP contribution in [0.2, 0.25) is 0 Å². The van der Waals surface area contributed by atoms with Crippen LogP contribution in [0.3, 0.4) is 0 Å². The van der Waals surface area contributed by atoms with E-state index >= 15 is 0 Å². The summed E-state index contributed by atoms with van der Waals surface area (Å²) in [4.78, 5) is 21.5. The standard InChI is InChI=1S/C10H14N2O4S/c13-8(9(14)15)1-3-11-10(16)12-5-7-2-4-17-6-7/h2,4,6,8,13H,1,3,5H2,(H,14,15)(H2,11,12,16). The largest absolute Gasteiger partial charge is 0.479 e. The van der Waals surface area contributed by atoms with Gasteiger partial charge in [-0.05, 0) is 22.4 Å². The second-order valence-electron chi connectivity index (χ2n) is 3.38. The van der Waals surface area contributed by atoms with Crippen molar-refractivity contribution in [1.29, 1.82) is 0 Å². The average molecular weight is 258 g/mol. The van der Waals surface area contributed by atoms with Crippen LogP contribution >= 0.6 is 11.3 Å². The third-order valence-corrected chi connectivity index (χ3v) is 2.75. The molecule has 1 aromatic heterocycles. The van der Waals surface area contributed by atoms with Gasteiger partial charge in [-0.2, -0.15) is 11.3 Å². The van der Waals surface area contributed by atoms with E-state index in [1.165, 1.54) is 0 Å². The van der Waals surface area contributed by atoms with E-state index in [1.54, 1.807) is 11.3 Å². The zero-order chi connectivity index (χ0) is 12.7. The van der Waals surface area contributed by atoms with Gasteiger partial charge in [0.25, 0.3) is 0 Å². The van der Waals surface area contributed by atoms with E-state index in [0.29, 0.717) is 6.54 Å². The first-order valence-corrected chi connectivity index (χ1v) is 5.97. The number of carbonyl (C=O) groups excluding carboxylic acids is 1. The minimum absolute atomic E-state index is 0.0127. The van der Waals surface area contributed by atoms with Crippen LogP contribution in [0.4, 0.5) is 4.79 Å². The fourth-order valence-corrected chi connectivity index (χ4v) is 1.75. The number of carboxylic acids is 1. The number of rotatable bonds is 6. The number of hydrogen-bond donors (Lipinski definition) is 4. The Morgan fingerprint density at radius 1 is 1.41 bits per heavy atom. The maximum absolute atomic E-state index is 11.2. The van der Waals surface area contributed by atoms with Crippen LogP contribution in [0.1, 0.15) is 12.0 Å². The van der Waals surface area contributed by atoms with Gasteiger partial charge in [0.05, 0.1) is 0 Å². The van der Waals surface area contributed by atoms with Crippen molar-refractivity contribution in [3.8, 4) is 0 Å². The lowest BCUT2D eigenvalue weighted by molar-refractivity contribution is -0.146. The minimum atomic E-state index is -1.44. The Morgan fingerprint density at radius 3 is 2.76 bits per heavy atom. The molecule has 17 heavy (non-hydrogen) atoms. The average Bonchev–Trinajstić information content (AvgIpc) is 2.78. The molecule has 0 aliphatic rings. The lowest BCUT2D eigenvalue weighted by Gasteiger charge is -2.08. The highest BCUT2D eigenvalue weighted by Crippen LogP contribution is 2.04. The zero-order valence-electron chi connectivity index (χ0n) is 9.05. The SMILES string of the molecule is O=C(NCCC(O)C(=O)O)NCc1ccsc1. The topological polar surface area (TPSA) is 98.7 Å². The molecule has 1 unspecified atom stereocenters. The molecule has 6 nitrogen and oxygen atoms in total. The second-order valence-corrected chi connectivity index (χ2v) is 4.16. The molecule has 1 rings (SSSR count). The summed E-state index contributed by atoms with van der Waals surface area (Å²) in [6, 6.07) is 1.52. The number of aliphatic hydroxyl groups excluding tert-OH is 1. The molecule has 0 aliphatic carbocycles. The van der Waals surface area contributed by atoms with Crippen molar-refractivity contribution in [3.05, 3.63) is 22.4 Å². The van der Waals surface area contributed by atoms with Crippen LogP contribution in [-0.4, -0.2) is 34.9 Å². The van der Waals surface area contributed by atoms with E-state index in [1.807, 2.05) is 16.8 Å². The summed E-state index contributed by atoms with van der Waals surface area (Å²) in [7, 11) is 0. The molecule has 0 bridgehead atoms. The van der Waals surface area contributed by atoms with Gasteiger partial charge in [0.2, 0.25) is 0 Å². The quantitative estimate of drug-likeness (QED) is 0.593. The maximum Gasteiger partial charge on any atom is 0.332 e. The Kier molecular flexibility index (Phi) is 5.44.